The van der Waals surface area contributed by atoms with E-state index in [0.717, 1.165) is 25.7 Å². The predicted molar refractivity (Wildman–Crippen MR) is 69.0 cm³/mol. The minimum Gasteiger partial charge on any atom is -0.493 e. The van der Waals surface area contributed by atoms with Crippen LogP contribution in [-0.4, -0.2) is 18.2 Å². The van der Waals surface area contributed by atoms with Crippen molar-refractivity contribution in [2.24, 2.45) is 0 Å². The molecule has 0 amide bonds. The van der Waals surface area contributed by atoms with Gasteiger partial charge in [-0.05, 0) is 25.0 Å². The fourth-order valence-corrected chi connectivity index (χ4v) is 2.15. The molecule has 96 valence electrons. The largest absolute Gasteiger partial charge is 0.493 e. The maximum atomic E-state index is 12.0. The second kappa shape index (κ2) is 6.34. The van der Waals surface area contributed by atoms with E-state index in [-0.39, 0.29) is 18.0 Å². The van der Waals surface area contributed by atoms with Gasteiger partial charge in [0.25, 0.3) is 0 Å². The van der Waals surface area contributed by atoms with Crippen molar-refractivity contribution >= 4 is 11.6 Å². The van der Waals surface area contributed by atoms with Crippen LogP contribution in [0.3, 0.4) is 0 Å². The summed E-state index contributed by atoms with van der Waals surface area (Å²) in [6, 6.07) is 7.18. The topological polar surface area (TPSA) is 43.4 Å². The highest BCUT2D eigenvalue weighted by Crippen LogP contribution is 2.21. The molecule has 0 bridgehead atoms. The SMILES string of the molecule is O=C1CCCCCCOc2ccccc2C(=O)C1. The van der Waals surface area contributed by atoms with Crippen molar-refractivity contribution in [3.05, 3.63) is 29.8 Å². The van der Waals surface area contributed by atoms with Crippen LogP contribution in [0, 0.1) is 0 Å². The predicted octanol–water partition coefficient (Wildman–Crippen LogP) is 3.17. The number of hydrogen-bond donors (Lipinski definition) is 0. The average molecular weight is 246 g/mol. The lowest BCUT2D eigenvalue weighted by molar-refractivity contribution is -0.118. The molecule has 3 nitrogen and oxygen atoms in total. The standard InChI is InChI=1S/C15H18O3/c16-12-7-3-1-2-6-10-18-15-9-5-4-8-13(15)14(17)11-12/h4-5,8-9H,1-3,6-7,10-11H2. The van der Waals surface area contributed by atoms with Crippen molar-refractivity contribution in [1.29, 1.82) is 0 Å². The minimum absolute atomic E-state index is 0.000370. The van der Waals surface area contributed by atoms with Crippen molar-refractivity contribution in [1.82, 2.24) is 0 Å². The zero-order valence-electron chi connectivity index (χ0n) is 10.5. The molecule has 1 heterocycles. The Morgan fingerprint density at radius 1 is 0.944 bits per heavy atom. The number of ether oxygens (including phenoxy) is 1. The first kappa shape index (κ1) is 12.8. The molecule has 0 saturated heterocycles. The van der Waals surface area contributed by atoms with Crippen molar-refractivity contribution in [2.75, 3.05) is 6.61 Å². The summed E-state index contributed by atoms with van der Waals surface area (Å²) in [6.07, 6.45) is 4.48. The van der Waals surface area contributed by atoms with Crippen molar-refractivity contribution in [3.63, 3.8) is 0 Å². The normalized spacial score (nSPS) is 18.2. The highest BCUT2D eigenvalue weighted by atomic mass is 16.5. The highest BCUT2D eigenvalue weighted by molar-refractivity contribution is 6.09. The van der Waals surface area contributed by atoms with E-state index in [0.29, 0.717) is 24.3 Å². The number of hydrogen-bond acceptors (Lipinski definition) is 3. The van der Waals surface area contributed by atoms with Crippen LogP contribution in [0.25, 0.3) is 0 Å². The van der Waals surface area contributed by atoms with E-state index in [1.54, 1.807) is 18.2 Å². The lowest BCUT2D eigenvalue weighted by atomic mass is 10.0. The first-order chi connectivity index (χ1) is 8.77. The molecule has 0 radical (unpaired) electrons. The maximum absolute atomic E-state index is 12.0. The molecule has 0 N–H and O–H groups in total. The van der Waals surface area contributed by atoms with Crippen LogP contribution in [0.5, 0.6) is 5.75 Å². The monoisotopic (exact) mass is 246 g/mol. The van der Waals surface area contributed by atoms with E-state index >= 15 is 0 Å². The second-order valence-electron chi connectivity index (χ2n) is 4.65. The van der Waals surface area contributed by atoms with Gasteiger partial charge in [0.15, 0.2) is 5.78 Å². The Morgan fingerprint density at radius 3 is 2.61 bits per heavy atom. The fraction of sp³-hybridized carbons (Fsp3) is 0.467. The summed E-state index contributed by atoms with van der Waals surface area (Å²) in [5.74, 6) is 0.516. The van der Waals surface area contributed by atoms with E-state index in [2.05, 4.69) is 0 Å². The van der Waals surface area contributed by atoms with E-state index < -0.39 is 0 Å². The number of benzene rings is 1. The van der Waals surface area contributed by atoms with Crippen LogP contribution >= 0.6 is 0 Å². The average Bonchev–Trinajstić information content (AvgIpc) is 2.36. The first-order valence-electron chi connectivity index (χ1n) is 6.54. The van der Waals surface area contributed by atoms with Crippen molar-refractivity contribution < 1.29 is 14.3 Å². The number of para-hydroxylation sites is 1. The van der Waals surface area contributed by atoms with Gasteiger partial charge >= 0.3 is 0 Å². The summed E-state index contributed by atoms with van der Waals surface area (Å²) in [5.41, 5.74) is 0.534. The molecule has 18 heavy (non-hydrogen) atoms. The Balaban J connectivity index is 2.18. The molecule has 0 atom stereocenters. The highest BCUT2D eigenvalue weighted by Gasteiger charge is 2.16. The second-order valence-corrected chi connectivity index (χ2v) is 4.65. The Labute approximate surface area is 107 Å². The van der Waals surface area contributed by atoms with E-state index in [1.165, 1.54) is 0 Å². The number of carbonyl (C=O) groups excluding carboxylic acids is 2. The summed E-state index contributed by atoms with van der Waals surface area (Å²) in [4.78, 5) is 23.7. The van der Waals surface area contributed by atoms with Gasteiger partial charge in [0.1, 0.15) is 11.5 Å². The van der Waals surface area contributed by atoms with Gasteiger partial charge in [-0.1, -0.05) is 25.0 Å². The Hall–Kier alpha value is -1.64. The molecule has 0 fully saturated rings. The van der Waals surface area contributed by atoms with Gasteiger partial charge in [0, 0.05) is 6.42 Å². The molecule has 0 saturated carbocycles. The van der Waals surface area contributed by atoms with E-state index in [1.807, 2.05) is 6.07 Å². The zero-order chi connectivity index (χ0) is 12.8. The van der Waals surface area contributed by atoms with Gasteiger partial charge in [-0.25, -0.2) is 0 Å². The minimum atomic E-state index is -0.129. The Morgan fingerprint density at radius 2 is 1.72 bits per heavy atom. The third-order valence-corrected chi connectivity index (χ3v) is 3.15. The van der Waals surface area contributed by atoms with Crippen LogP contribution < -0.4 is 4.74 Å². The van der Waals surface area contributed by atoms with Crippen LogP contribution in [0.15, 0.2) is 24.3 Å². The van der Waals surface area contributed by atoms with Gasteiger partial charge in [-0.15, -0.1) is 0 Å². The molecule has 3 heteroatoms. The molecule has 1 aliphatic rings. The lowest BCUT2D eigenvalue weighted by Crippen LogP contribution is -2.11. The lowest BCUT2D eigenvalue weighted by Gasteiger charge is -2.11. The van der Waals surface area contributed by atoms with Gasteiger partial charge in [-0.3, -0.25) is 9.59 Å². The van der Waals surface area contributed by atoms with Crippen molar-refractivity contribution in [2.45, 2.75) is 38.5 Å². The Bertz CT molecular complexity index is 437. The van der Waals surface area contributed by atoms with Crippen LogP contribution in [0.4, 0.5) is 0 Å². The molecule has 1 aromatic carbocycles. The molecule has 1 aromatic rings. The van der Waals surface area contributed by atoms with E-state index in [4.69, 9.17) is 4.74 Å². The molecule has 1 aliphatic heterocycles. The van der Waals surface area contributed by atoms with Gasteiger partial charge in [0.05, 0.1) is 18.6 Å². The van der Waals surface area contributed by atoms with Gasteiger partial charge in [0.2, 0.25) is 0 Å². The van der Waals surface area contributed by atoms with Crippen LogP contribution in [0.2, 0.25) is 0 Å². The third-order valence-electron chi connectivity index (χ3n) is 3.15. The summed E-state index contributed by atoms with van der Waals surface area (Å²) in [7, 11) is 0. The zero-order valence-corrected chi connectivity index (χ0v) is 10.5. The molecule has 0 aromatic heterocycles. The molecule has 0 aliphatic carbocycles. The number of rotatable bonds is 0. The molecular weight excluding hydrogens is 228 g/mol. The van der Waals surface area contributed by atoms with Gasteiger partial charge < -0.3 is 4.74 Å². The summed E-state index contributed by atoms with van der Waals surface area (Å²) in [6.45, 7) is 0.637. The molecule has 0 spiro atoms. The number of ketones is 2. The van der Waals surface area contributed by atoms with Crippen LogP contribution in [0.1, 0.15) is 48.9 Å². The first-order valence-corrected chi connectivity index (χ1v) is 6.54. The van der Waals surface area contributed by atoms with E-state index in [9.17, 15) is 9.59 Å². The molecule has 2 rings (SSSR count). The quantitative estimate of drug-likeness (QED) is 0.660. The Kier molecular flexibility index (Phi) is 4.51. The van der Waals surface area contributed by atoms with Crippen LogP contribution in [-0.2, 0) is 4.79 Å². The number of carbonyl (C=O) groups is 2. The number of fused-ring (bicyclic) bond motifs is 1. The smallest absolute Gasteiger partial charge is 0.173 e. The number of Topliss-reactive ketones (excluding diaryl/α,β-unsaturated/α-hetero) is 2. The summed E-state index contributed by atoms with van der Waals surface area (Å²) < 4.78 is 5.63. The summed E-state index contributed by atoms with van der Waals surface area (Å²) in [5, 5.41) is 0. The van der Waals surface area contributed by atoms with Crippen molar-refractivity contribution in [3.8, 4) is 5.75 Å². The van der Waals surface area contributed by atoms with Gasteiger partial charge in [-0.2, -0.15) is 0 Å². The molecule has 0 unspecified atom stereocenters. The fourth-order valence-electron chi connectivity index (χ4n) is 2.15. The summed E-state index contributed by atoms with van der Waals surface area (Å²) >= 11 is 0. The third kappa shape index (κ3) is 3.42. The molecular formula is C15H18O3. The maximum Gasteiger partial charge on any atom is 0.173 e.